The highest BCUT2D eigenvalue weighted by molar-refractivity contribution is 7.18. The fraction of sp³-hybridized carbons (Fsp3) is 0.467. The number of fused-ring (bicyclic) bond motifs is 1. The SMILES string of the molecule is CN(Cc1nc2ccccc2s1)C(=O)CC(C)(C)C. The fourth-order valence-electron chi connectivity index (χ4n) is 1.87. The first-order valence-electron chi connectivity index (χ1n) is 6.43. The van der Waals surface area contributed by atoms with Crippen LogP contribution in [0.2, 0.25) is 0 Å². The molecule has 0 atom stereocenters. The Morgan fingerprint density at radius 2 is 2.00 bits per heavy atom. The van der Waals surface area contributed by atoms with Crippen molar-refractivity contribution in [2.45, 2.75) is 33.7 Å². The number of hydrogen-bond donors (Lipinski definition) is 0. The molecule has 0 saturated carbocycles. The van der Waals surface area contributed by atoms with E-state index in [1.807, 2.05) is 25.2 Å². The molecule has 0 aliphatic heterocycles. The Kier molecular flexibility index (Phi) is 3.90. The Hall–Kier alpha value is -1.42. The molecule has 0 spiro atoms. The molecule has 102 valence electrons. The van der Waals surface area contributed by atoms with Crippen LogP contribution < -0.4 is 0 Å². The average molecular weight is 276 g/mol. The molecule has 0 bridgehead atoms. The largest absolute Gasteiger partial charge is 0.339 e. The minimum atomic E-state index is 0.0267. The predicted octanol–water partition coefficient (Wildman–Crippen LogP) is 3.69. The zero-order valence-electron chi connectivity index (χ0n) is 11.9. The van der Waals surface area contributed by atoms with Crippen molar-refractivity contribution < 1.29 is 4.79 Å². The molecular weight excluding hydrogens is 256 g/mol. The highest BCUT2D eigenvalue weighted by Gasteiger charge is 2.19. The molecule has 2 aromatic rings. The zero-order chi connectivity index (χ0) is 14.0. The van der Waals surface area contributed by atoms with Gasteiger partial charge in [0.25, 0.3) is 0 Å². The molecule has 19 heavy (non-hydrogen) atoms. The van der Waals surface area contributed by atoms with Crippen LogP contribution in [-0.2, 0) is 11.3 Å². The molecule has 0 aliphatic rings. The molecule has 0 saturated heterocycles. The van der Waals surface area contributed by atoms with Crippen molar-refractivity contribution in [2.75, 3.05) is 7.05 Å². The summed E-state index contributed by atoms with van der Waals surface area (Å²) in [5.74, 6) is 0.173. The Morgan fingerprint density at radius 1 is 1.32 bits per heavy atom. The minimum Gasteiger partial charge on any atom is -0.339 e. The van der Waals surface area contributed by atoms with E-state index in [0.29, 0.717) is 13.0 Å². The lowest BCUT2D eigenvalue weighted by molar-refractivity contribution is -0.132. The van der Waals surface area contributed by atoms with E-state index in [1.165, 1.54) is 4.70 Å². The summed E-state index contributed by atoms with van der Waals surface area (Å²) in [5.41, 5.74) is 1.04. The van der Waals surface area contributed by atoms with Crippen molar-refractivity contribution in [1.82, 2.24) is 9.88 Å². The molecule has 0 radical (unpaired) electrons. The molecule has 1 aromatic carbocycles. The summed E-state index contributed by atoms with van der Waals surface area (Å²) in [6.45, 7) is 6.83. The summed E-state index contributed by atoms with van der Waals surface area (Å²) in [6.07, 6.45) is 0.564. The maximum Gasteiger partial charge on any atom is 0.223 e. The van der Waals surface area contributed by atoms with Crippen molar-refractivity contribution in [3.05, 3.63) is 29.3 Å². The van der Waals surface area contributed by atoms with Gasteiger partial charge in [-0.3, -0.25) is 4.79 Å². The normalized spacial score (nSPS) is 11.8. The van der Waals surface area contributed by atoms with Crippen molar-refractivity contribution in [3.63, 3.8) is 0 Å². The van der Waals surface area contributed by atoms with Crippen LogP contribution in [-0.4, -0.2) is 22.8 Å². The first kappa shape index (κ1) is 14.0. The molecule has 1 aromatic heterocycles. The van der Waals surface area contributed by atoms with E-state index >= 15 is 0 Å². The molecule has 0 N–H and O–H groups in total. The van der Waals surface area contributed by atoms with Crippen LogP contribution in [0.4, 0.5) is 0 Å². The number of rotatable bonds is 3. The van der Waals surface area contributed by atoms with Gasteiger partial charge in [0.1, 0.15) is 5.01 Å². The van der Waals surface area contributed by atoms with E-state index in [9.17, 15) is 4.79 Å². The number of aromatic nitrogens is 1. The maximum atomic E-state index is 12.1. The summed E-state index contributed by atoms with van der Waals surface area (Å²) in [4.78, 5) is 18.4. The van der Waals surface area contributed by atoms with Crippen LogP contribution in [0.15, 0.2) is 24.3 Å². The van der Waals surface area contributed by atoms with E-state index in [0.717, 1.165) is 10.5 Å². The van der Waals surface area contributed by atoms with E-state index in [2.05, 4.69) is 31.8 Å². The summed E-state index contributed by atoms with van der Waals surface area (Å²) in [7, 11) is 1.85. The Morgan fingerprint density at radius 3 is 2.63 bits per heavy atom. The molecule has 0 fully saturated rings. The van der Waals surface area contributed by atoms with E-state index in [1.54, 1.807) is 16.2 Å². The molecule has 3 nitrogen and oxygen atoms in total. The third-order valence-electron chi connectivity index (χ3n) is 2.82. The van der Waals surface area contributed by atoms with Gasteiger partial charge in [0.15, 0.2) is 0 Å². The van der Waals surface area contributed by atoms with Gasteiger partial charge >= 0.3 is 0 Å². The van der Waals surface area contributed by atoms with Crippen molar-refractivity contribution in [1.29, 1.82) is 0 Å². The average Bonchev–Trinajstić information content (AvgIpc) is 2.68. The van der Waals surface area contributed by atoms with Gasteiger partial charge in [-0.25, -0.2) is 4.98 Å². The molecule has 1 heterocycles. The lowest BCUT2D eigenvalue weighted by atomic mass is 9.92. The highest BCUT2D eigenvalue weighted by Crippen LogP contribution is 2.24. The summed E-state index contributed by atoms with van der Waals surface area (Å²) in [6, 6.07) is 8.07. The molecule has 4 heteroatoms. The standard InChI is InChI=1S/C15H20N2OS/c1-15(2,3)9-14(18)17(4)10-13-16-11-7-5-6-8-12(11)19-13/h5-8H,9-10H2,1-4H3. The van der Waals surface area contributed by atoms with Gasteiger partial charge in [0, 0.05) is 13.5 Å². The van der Waals surface area contributed by atoms with Crippen LogP contribution in [0.1, 0.15) is 32.2 Å². The quantitative estimate of drug-likeness (QED) is 0.856. The number of carbonyl (C=O) groups is 1. The van der Waals surface area contributed by atoms with Crippen LogP contribution >= 0.6 is 11.3 Å². The van der Waals surface area contributed by atoms with Gasteiger partial charge < -0.3 is 4.90 Å². The van der Waals surface area contributed by atoms with Crippen molar-refractivity contribution in [3.8, 4) is 0 Å². The topological polar surface area (TPSA) is 33.2 Å². The molecule has 2 rings (SSSR count). The van der Waals surface area contributed by atoms with Gasteiger partial charge in [0.05, 0.1) is 16.8 Å². The number of hydrogen-bond acceptors (Lipinski definition) is 3. The van der Waals surface area contributed by atoms with E-state index in [-0.39, 0.29) is 11.3 Å². The van der Waals surface area contributed by atoms with Gasteiger partial charge in [-0.15, -0.1) is 11.3 Å². The number of thiazole rings is 1. The molecule has 0 aliphatic carbocycles. The maximum absolute atomic E-state index is 12.1. The monoisotopic (exact) mass is 276 g/mol. The lowest BCUT2D eigenvalue weighted by Gasteiger charge is -2.22. The van der Waals surface area contributed by atoms with Gasteiger partial charge in [0.2, 0.25) is 5.91 Å². The third kappa shape index (κ3) is 3.77. The second kappa shape index (κ2) is 5.29. The minimum absolute atomic E-state index is 0.0267. The van der Waals surface area contributed by atoms with Gasteiger partial charge in [-0.2, -0.15) is 0 Å². The summed E-state index contributed by atoms with van der Waals surface area (Å²) in [5, 5.41) is 0.992. The van der Waals surface area contributed by atoms with Gasteiger partial charge in [-0.1, -0.05) is 32.9 Å². The number of benzene rings is 1. The van der Waals surface area contributed by atoms with Crippen LogP contribution in [0.25, 0.3) is 10.2 Å². The number of amides is 1. The zero-order valence-corrected chi connectivity index (χ0v) is 12.8. The Balaban J connectivity index is 2.06. The fourth-order valence-corrected chi connectivity index (χ4v) is 2.89. The van der Waals surface area contributed by atoms with E-state index in [4.69, 9.17) is 0 Å². The molecule has 0 unspecified atom stereocenters. The van der Waals surface area contributed by atoms with Crippen LogP contribution in [0, 0.1) is 5.41 Å². The summed E-state index contributed by atoms with van der Waals surface area (Å²) >= 11 is 1.66. The molecule has 1 amide bonds. The lowest BCUT2D eigenvalue weighted by Crippen LogP contribution is -2.29. The van der Waals surface area contributed by atoms with E-state index < -0.39 is 0 Å². The van der Waals surface area contributed by atoms with Crippen LogP contribution in [0.3, 0.4) is 0 Å². The Bertz CT molecular complexity index is 550. The number of carbonyl (C=O) groups excluding carboxylic acids is 1. The first-order chi connectivity index (χ1) is 8.85. The smallest absolute Gasteiger partial charge is 0.223 e. The van der Waals surface area contributed by atoms with Crippen molar-refractivity contribution in [2.24, 2.45) is 5.41 Å². The van der Waals surface area contributed by atoms with Crippen LogP contribution in [0.5, 0.6) is 0 Å². The number of para-hydroxylation sites is 1. The van der Waals surface area contributed by atoms with Crippen molar-refractivity contribution >= 4 is 27.5 Å². The second-order valence-electron chi connectivity index (χ2n) is 6.06. The number of nitrogens with zero attached hydrogens (tertiary/aromatic N) is 2. The predicted molar refractivity (Wildman–Crippen MR) is 80.2 cm³/mol. The molecular formula is C15H20N2OS. The third-order valence-corrected chi connectivity index (χ3v) is 3.84. The van der Waals surface area contributed by atoms with Gasteiger partial charge in [-0.05, 0) is 17.5 Å². The second-order valence-corrected chi connectivity index (χ2v) is 7.18. The first-order valence-corrected chi connectivity index (χ1v) is 7.25. The summed E-state index contributed by atoms with van der Waals surface area (Å²) < 4.78 is 1.18. The highest BCUT2D eigenvalue weighted by atomic mass is 32.1. The Labute approximate surface area is 118 Å².